The monoisotopic (exact) mass is 402 g/mol. The van der Waals surface area contributed by atoms with Gasteiger partial charge in [-0.25, -0.2) is 9.97 Å². The molecule has 0 fully saturated rings. The Morgan fingerprint density at radius 3 is 2.41 bits per heavy atom. The van der Waals surface area contributed by atoms with Crippen LogP contribution in [-0.2, 0) is 12.8 Å². The Labute approximate surface area is 175 Å². The van der Waals surface area contributed by atoms with Gasteiger partial charge in [0.1, 0.15) is 5.69 Å². The molecule has 4 rings (SSSR count). The van der Waals surface area contributed by atoms with Crippen LogP contribution >= 0.6 is 11.6 Å². The Bertz CT molecular complexity index is 1180. The number of rotatable bonds is 5. The summed E-state index contributed by atoms with van der Waals surface area (Å²) < 4.78 is 0. The van der Waals surface area contributed by atoms with Crippen molar-refractivity contribution >= 4 is 34.0 Å². The summed E-state index contributed by atoms with van der Waals surface area (Å²) in [5.74, 6) is 0.722. The fourth-order valence-corrected chi connectivity index (χ4v) is 3.63. The second-order valence-electron chi connectivity index (χ2n) is 6.98. The molecule has 0 radical (unpaired) electrons. The smallest absolute Gasteiger partial charge is 0.157 e. The van der Waals surface area contributed by atoms with Crippen LogP contribution in [0.1, 0.15) is 37.6 Å². The number of aliphatic imine (C=N–C) groups is 1. The molecule has 0 spiro atoms. The summed E-state index contributed by atoms with van der Waals surface area (Å²) in [5, 5.41) is 0.679. The van der Waals surface area contributed by atoms with Crippen LogP contribution in [0.4, 0.5) is 5.69 Å². The maximum Gasteiger partial charge on any atom is 0.157 e. The first-order valence-electron chi connectivity index (χ1n) is 9.88. The van der Waals surface area contributed by atoms with Gasteiger partial charge in [-0.05, 0) is 61.2 Å². The lowest BCUT2D eigenvalue weighted by Crippen LogP contribution is -2.01. The number of aromatic nitrogens is 3. The maximum atomic E-state index is 6.09. The third-order valence-electron chi connectivity index (χ3n) is 5.05. The molecule has 0 atom stereocenters. The predicted molar refractivity (Wildman–Crippen MR) is 121 cm³/mol. The first-order valence-corrected chi connectivity index (χ1v) is 10.3. The van der Waals surface area contributed by atoms with E-state index < -0.39 is 0 Å². The van der Waals surface area contributed by atoms with Crippen molar-refractivity contribution in [3.63, 3.8) is 0 Å². The van der Waals surface area contributed by atoms with Crippen LogP contribution in [0.5, 0.6) is 0 Å². The molecule has 0 bridgehead atoms. The SMILES string of the molecule is CCc1cccc(CC)c1N=C(C)c1cccc(-c2nc3ccc(Cl)cc3[nH]2)n1. The van der Waals surface area contributed by atoms with Crippen LogP contribution in [0.15, 0.2) is 59.6 Å². The molecule has 2 aromatic heterocycles. The minimum atomic E-state index is 0.679. The lowest BCUT2D eigenvalue weighted by molar-refractivity contribution is 1.08. The van der Waals surface area contributed by atoms with Gasteiger partial charge in [0.2, 0.25) is 0 Å². The van der Waals surface area contributed by atoms with Crippen molar-refractivity contribution in [2.45, 2.75) is 33.6 Å². The van der Waals surface area contributed by atoms with Gasteiger partial charge in [0.05, 0.1) is 28.1 Å². The van der Waals surface area contributed by atoms with Gasteiger partial charge in [0, 0.05) is 5.02 Å². The molecule has 2 aromatic carbocycles. The summed E-state index contributed by atoms with van der Waals surface area (Å²) in [6.07, 6.45) is 1.91. The van der Waals surface area contributed by atoms with Gasteiger partial charge in [-0.15, -0.1) is 0 Å². The number of nitrogens with one attached hydrogen (secondary N) is 1. The van der Waals surface area contributed by atoms with Gasteiger partial charge in [0.15, 0.2) is 5.82 Å². The number of benzene rings is 2. The number of nitrogens with zero attached hydrogens (tertiary/aromatic N) is 3. The first-order chi connectivity index (χ1) is 14.1. The van der Waals surface area contributed by atoms with Crippen molar-refractivity contribution in [1.29, 1.82) is 0 Å². The van der Waals surface area contributed by atoms with E-state index in [4.69, 9.17) is 21.6 Å². The maximum absolute atomic E-state index is 6.09. The van der Waals surface area contributed by atoms with E-state index in [1.165, 1.54) is 11.1 Å². The van der Waals surface area contributed by atoms with Gasteiger partial charge in [-0.3, -0.25) is 4.99 Å². The van der Waals surface area contributed by atoms with E-state index in [1.54, 1.807) is 0 Å². The van der Waals surface area contributed by atoms with Gasteiger partial charge in [0.25, 0.3) is 0 Å². The molecule has 0 saturated carbocycles. The lowest BCUT2D eigenvalue weighted by Gasteiger charge is -2.10. The number of hydrogen-bond donors (Lipinski definition) is 1. The topological polar surface area (TPSA) is 53.9 Å². The van der Waals surface area contributed by atoms with Crippen LogP contribution in [0.2, 0.25) is 5.02 Å². The van der Waals surface area contributed by atoms with Gasteiger partial charge >= 0.3 is 0 Å². The molecule has 4 nitrogen and oxygen atoms in total. The summed E-state index contributed by atoms with van der Waals surface area (Å²) in [6.45, 7) is 6.34. The van der Waals surface area contributed by atoms with Crippen LogP contribution in [-0.4, -0.2) is 20.7 Å². The molecule has 4 aromatic rings. The zero-order valence-electron chi connectivity index (χ0n) is 16.8. The number of pyridine rings is 1. The Balaban J connectivity index is 1.74. The molecule has 0 unspecified atom stereocenters. The fraction of sp³-hybridized carbons (Fsp3) is 0.208. The summed E-state index contributed by atoms with van der Waals surface area (Å²) in [6, 6.07) is 18.0. The minimum Gasteiger partial charge on any atom is -0.337 e. The second kappa shape index (κ2) is 8.18. The molecule has 2 heterocycles. The quantitative estimate of drug-likeness (QED) is 0.385. The number of imidazole rings is 1. The molecule has 0 saturated heterocycles. The Morgan fingerprint density at radius 1 is 0.966 bits per heavy atom. The molecule has 0 amide bonds. The average Bonchev–Trinajstić information content (AvgIpc) is 3.17. The predicted octanol–water partition coefficient (Wildman–Crippen LogP) is 6.54. The number of aromatic amines is 1. The van der Waals surface area contributed by atoms with E-state index in [2.05, 4.69) is 42.0 Å². The molecule has 0 aliphatic rings. The molecule has 5 heteroatoms. The Kier molecular flexibility index (Phi) is 5.45. The highest BCUT2D eigenvalue weighted by Crippen LogP contribution is 2.27. The van der Waals surface area contributed by atoms with E-state index in [9.17, 15) is 0 Å². The fourth-order valence-electron chi connectivity index (χ4n) is 3.45. The highest BCUT2D eigenvalue weighted by atomic mass is 35.5. The van der Waals surface area contributed by atoms with Crippen LogP contribution in [0, 0.1) is 0 Å². The number of hydrogen-bond acceptors (Lipinski definition) is 3. The van der Waals surface area contributed by atoms with E-state index in [1.807, 2.05) is 43.3 Å². The summed E-state index contributed by atoms with van der Waals surface area (Å²) in [4.78, 5) is 17.7. The van der Waals surface area contributed by atoms with Gasteiger partial charge in [-0.2, -0.15) is 0 Å². The second-order valence-corrected chi connectivity index (χ2v) is 7.42. The van der Waals surface area contributed by atoms with E-state index in [-0.39, 0.29) is 0 Å². The number of fused-ring (bicyclic) bond motifs is 1. The van der Waals surface area contributed by atoms with Crippen molar-refractivity contribution in [3.8, 4) is 11.5 Å². The van der Waals surface area contributed by atoms with Gasteiger partial charge in [-0.1, -0.05) is 49.7 Å². The number of halogens is 1. The van der Waals surface area contributed by atoms with Crippen molar-refractivity contribution in [2.75, 3.05) is 0 Å². The average molecular weight is 403 g/mol. The highest BCUT2D eigenvalue weighted by molar-refractivity contribution is 6.31. The van der Waals surface area contributed by atoms with Crippen molar-refractivity contribution in [2.24, 2.45) is 4.99 Å². The third-order valence-corrected chi connectivity index (χ3v) is 5.29. The summed E-state index contributed by atoms with van der Waals surface area (Å²) >= 11 is 6.09. The van der Waals surface area contributed by atoms with E-state index >= 15 is 0 Å². The number of aryl methyl sites for hydroxylation is 2. The Hall–Kier alpha value is -2.98. The molecule has 1 N–H and O–H groups in total. The van der Waals surface area contributed by atoms with E-state index in [0.29, 0.717) is 5.02 Å². The molecule has 146 valence electrons. The van der Waals surface area contributed by atoms with Gasteiger partial charge < -0.3 is 4.98 Å². The first kappa shape index (κ1) is 19.3. The third kappa shape index (κ3) is 3.94. The molecule has 29 heavy (non-hydrogen) atoms. The lowest BCUT2D eigenvalue weighted by atomic mass is 10.0. The van der Waals surface area contributed by atoms with E-state index in [0.717, 1.165) is 52.5 Å². The van der Waals surface area contributed by atoms with Crippen LogP contribution in [0.3, 0.4) is 0 Å². The zero-order valence-corrected chi connectivity index (χ0v) is 17.6. The minimum absolute atomic E-state index is 0.679. The molecule has 0 aliphatic carbocycles. The van der Waals surface area contributed by atoms with Crippen molar-refractivity contribution < 1.29 is 0 Å². The molecular weight excluding hydrogens is 380 g/mol. The number of H-pyrrole nitrogens is 1. The van der Waals surface area contributed by atoms with Crippen molar-refractivity contribution in [1.82, 2.24) is 15.0 Å². The Morgan fingerprint density at radius 2 is 1.69 bits per heavy atom. The normalized spacial score (nSPS) is 11.9. The molecular formula is C24H23ClN4. The molecule has 0 aliphatic heterocycles. The summed E-state index contributed by atoms with van der Waals surface area (Å²) in [7, 11) is 0. The zero-order chi connectivity index (χ0) is 20.4. The standard InChI is InChI=1S/C24H23ClN4/c1-4-16-8-6-9-17(5-2)23(16)26-15(3)19-10-7-11-21(27-19)24-28-20-13-12-18(25)14-22(20)29-24/h6-14H,4-5H2,1-3H3,(H,28,29). The largest absolute Gasteiger partial charge is 0.337 e. The summed E-state index contributed by atoms with van der Waals surface area (Å²) in [5.41, 5.74) is 7.86. The van der Waals surface area contributed by atoms with Crippen LogP contribution < -0.4 is 0 Å². The number of para-hydroxylation sites is 1. The van der Waals surface area contributed by atoms with Crippen molar-refractivity contribution in [3.05, 3.63) is 76.4 Å². The highest BCUT2D eigenvalue weighted by Gasteiger charge is 2.11. The van der Waals surface area contributed by atoms with Crippen LogP contribution in [0.25, 0.3) is 22.6 Å².